The fourth-order valence-corrected chi connectivity index (χ4v) is 6.26. The third-order valence-electron chi connectivity index (χ3n) is 8.80. The highest BCUT2D eigenvalue weighted by Crippen LogP contribution is 2.38. The van der Waals surface area contributed by atoms with Gasteiger partial charge in [-0.25, -0.2) is 0 Å². The van der Waals surface area contributed by atoms with E-state index in [4.69, 9.17) is 18.5 Å². The van der Waals surface area contributed by atoms with E-state index >= 15 is 0 Å². The van der Waals surface area contributed by atoms with Crippen molar-refractivity contribution in [3.63, 3.8) is 0 Å². The average Bonchev–Trinajstić information content (AvgIpc) is 3.01. The molecule has 0 aromatic carbocycles. The number of hydrogen-bond donors (Lipinski definition) is 0. The zero-order valence-corrected chi connectivity index (χ0v) is 32.8. The summed E-state index contributed by atoms with van der Waals surface area (Å²) in [5, 5.41) is 0. The SMILES string of the molecule is CCCCCCCCCCCCCCCCOC[C@@H](COP(=O)([O-])OCC[N+](C)(C)C)OC(=O)[C@H](C)CCCCCCCCCCC. The molecule has 3 atom stereocenters. The van der Waals surface area contributed by atoms with Crippen LogP contribution in [0.5, 0.6) is 0 Å². The number of quaternary nitrogens is 1. The Morgan fingerprint density at radius 3 is 1.49 bits per heavy atom. The maximum absolute atomic E-state index is 12.9. The Bertz CT molecular complexity index is 746. The topological polar surface area (TPSA) is 94.1 Å². The first-order chi connectivity index (χ1) is 22.5. The Hall–Kier alpha value is -0.500. The van der Waals surface area contributed by atoms with Gasteiger partial charge in [0.05, 0.1) is 40.3 Å². The minimum Gasteiger partial charge on any atom is -0.756 e. The Balaban J connectivity index is 4.38. The molecular weight excluding hydrogens is 613 g/mol. The Morgan fingerprint density at radius 2 is 1.04 bits per heavy atom. The standard InChI is InChI=1S/C38H78NO7P/c1-7-9-11-13-15-17-18-19-20-21-23-25-27-29-32-43-34-37(35-45-47(41,42)44-33-31-39(4,5)6)46-38(40)36(3)30-28-26-24-22-16-14-12-10-8-2/h36-37H,7-35H2,1-6H3/t36-,37+/m1/s1. The van der Waals surface area contributed by atoms with Crippen LogP contribution < -0.4 is 4.89 Å². The zero-order chi connectivity index (χ0) is 35.1. The molecule has 0 saturated heterocycles. The van der Waals surface area contributed by atoms with Gasteiger partial charge in [0.1, 0.15) is 19.3 Å². The largest absolute Gasteiger partial charge is 0.756 e. The molecule has 0 aromatic rings. The van der Waals surface area contributed by atoms with Crippen LogP contribution in [0.4, 0.5) is 0 Å². The van der Waals surface area contributed by atoms with Crippen LogP contribution in [0.15, 0.2) is 0 Å². The van der Waals surface area contributed by atoms with Gasteiger partial charge in [-0.3, -0.25) is 9.36 Å². The number of carbonyl (C=O) groups excluding carboxylic acids is 1. The first-order valence-electron chi connectivity index (χ1n) is 19.7. The third-order valence-corrected chi connectivity index (χ3v) is 9.77. The van der Waals surface area contributed by atoms with Crippen molar-refractivity contribution >= 4 is 13.8 Å². The van der Waals surface area contributed by atoms with Crippen LogP contribution in [0.1, 0.15) is 175 Å². The van der Waals surface area contributed by atoms with Crippen LogP contribution in [0.25, 0.3) is 0 Å². The maximum Gasteiger partial charge on any atom is 0.309 e. The number of carbonyl (C=O) groups is 1. The molecule has 0 aliphatic rings. The molecule has 47 heavy (non-hydrogen) atoms. The fourth-order valence-electron chi connectivity index (χ4n) is 5.53. The molecule has 0 aliphatic carbocycles. The molecule has 0 radical (unpaired) electrons. The van der Waals surface area contributed by atoms with Gasteiger partial charge in [-0.1, -0.05) is 162 Å². The predicted molar refractivity (Wildman–Crippen MR) is 194 cm³/mol. The van der Waals surface area contributed by atoms with Gasteiger partial charge >= 0.3 is 5.97 Å². The minimum atomic E-state index is -4.52. The fraction of sp³-hybridized carbons (Fsp3) is 0.974. The summed E-state index contributed by atoms with van der Waals surface area (Å²) in [6.07, 6.45) is 29.2. The van der Waals surface area contributed by atoms with Crippen LogP contribution in [-0.2, 0) is 27.9 Å². The van der Waals surface area contributed by atoms with Gasteiger partial charge in [-0.05, 0) is 12.8 Å². The van der Waals surface area contributed by atoms with Crippen LogP contribution >= 0.6 is 7.82 Å². The lowest BCUT2D eigenvalue weighted by Crippen LogP contribution is -2.37. The number of esters is 1. The molecule has 8 nitrogen and oxygen atoms in total. The van der Waals surface area contributed by atoms with E-state index in [0.29, 0.717) is 17.6 Å². The van der Waals surface area contributed by atoms with Gasteiger partial charge in [0.25, 0.3) is 7.82 Å². The second-order valence-electron chi connectivity index (χ2n) is 14.8. The smallest absolute Gasteiger partial charge is 0.309 e. The molecule has 9 heteroatoms. The van der Waals surface area contributed by atoms with Crippen molar-refractivity contribution in [3.05, 3.63) is 0 Å². The van der Waals surface area contributed by atoms with Crippen LogP contribution in [0.2, 0.25) is 0 Å². The summed E-state index contributed by atoms with van der Waals surface area (Å²) in [6, 6.07) is 0. The van der Waals surface area contributed by atoms with Gasteiger partial charge in [-0.15, -0.1) is 0 Å². The lowest BCUT2D eigenvalue weighted by atomic mass is 10.0. The predicted octanol–water partition coefficient (Wildman–Crippen LogP) is 10.2. The number of likely N-dealkylation sites (N-methyl/N-ethyl adjacent to an activating group) is 1. The van der Waals surface area contributed by atoms with Crippen molar-refractivity contribution < 1.29 is 37.3 Å². The molecule has 0 rings (SSSR count). The summed E-state index contributed by atoms with van der Waals surface area (Å²) in [5.41, 5.74) is 0. The van der Waals surface area contributed by atoms with Gasteiger partial charge in [-0.2, -0.15) is 0 Å². The van der Waals surface area contributed by atoms with Gasteiger partial charge in [0.15, 0.2) is 0 Å². The second kappa shape index (κ2) is 31.5. The molecule has 0 aliphatic heterocycles. The molecule has 0 saturated carbocycles. The van der Waals surface area contributed by atoms with E-state index in [9.17, 15) is 14.3 Å². The van der Waals surface area contributed by atoms with Crippen LogP contribution in [0.3, 0.4) is 0 Å². The van der Waals surface area contributed by atoms with Crippen molar-refractivity contribution in [2.75, 3.05) is 54.1 Å². The number of hydrogen-bond acceptors (Lipinski definition) is 7. The Morgan fingerprint density at radius 1 is 0.617 bits per heavy atom. The number of unbranched alkanes of at least 4 members (excludes halogenated alkanes) is 21. The van der Waals surface area contributed by atoms with Crippen molar-refractivity contribution in [2.24, 2.45) is 5.92 Å². The summed E-state index contributed by atoms with van der Waals surface area (Å²) in [6.45, 7) is 7.28. The lowest BCUT2D eigenvalue weighted by molar-refractivity contribution is -0.870. The highest BCUT2D eigenvalue weighted by atomic mass is 31.2. The van der Waals surface area contributed by atoms with Gasteiger partial charge < -0.3 is 27.9 Å². The molecule has 0 spiro atoms. The quantitative estimate of drug-likeness (QED) is 0.0279. The summed E-state index contributed by atoms with van der Waals surface area (Å²) in [7, 11) is 1.36. The zero-order valence-electron chi connectivity index (χ0n) is 31.9. The first-order valence-corrected chi connectivity index (χ1v) is 21.2. The molecule has 1 unspecified atom stereocenters. The molecule has 0 heterocycles. The second-order valence-corrected chi connectivity index (χ2v) is 16.2. The Kier molecular flexibility index (Phi) is 31.1. The van der Waals surface area contributed by atoms with Crippen molar-refractivity contribution in [3.8, 4) is 0 Å². The normalized spacial score (nSPS) is 14.6. The molecule has 0 aromatic heterocycles. The highest BCUT2D eigenvalue weighted by Gasteiger charge is 2.23. The van der Waals surface area contributed by atoms with Crippen LogP contribution in [-0.4, -0.2) is 70.7 Å². The number of phosphoric acid groups is 1. The van der Waals surface area contributed by atoms with E-state index in [2.05, 4.69) is 13.8 Å². The molecule has 0 N–H and O–H groups in total. The number of nitrogens with zero attached hydrogens (tertiary/aromatic N) is 1. The van der Waals surface area contributed by atoms with Gasteiger partial charge in [0, 0.05) is 6.61 Å². The number of rotatable bonds is 36. The summed E-state index contributed by atoms with van der Waals surface area (Å²) in [5.74, 6) is -0.586. The molecule has 0 amide bonds. The average molecular weight is 692 g/mol. The van der Waals surface area contributed by atoms with E-state index in [1.54, 1.807) is 0 Å². The van der Waals surface area contributed by atoms with E-state index in [-0.39, 0.29) is 31.7 Å². The lowest BCUT2D eigenvalue weighted by Gasteiger charge is -2.28. The van der Waals surface area contributed by atoms with Crippen molar-refractivity contribution in [2.45, 2.75) is 181 Å². The highest BCUT2D eigenvalue weighted by molar-refractivity contribution is 7.45. The molecule has 0 bridgehead atoms. The van der Waals surface area contributed by atoms with E-state index in [0.717, 1.165) is 32.1 Å². The summed E-state index contributed by atoms with van der Waals surface area (Å²) in [4.78, 5) is 25.2. The van der Waals surface area contributed by atoms with E-state index in [1.807, 2.05) is 28.1 Å². The first kappa shape index (κ1) is 46.5. The molecule has 0 fully saturated rings. The van der Waals surface area contributed by atoms with Crippen molar-refractivity contribution in [1.29, 1.82) is 0 Å². The molecule has 282 valence electrons. The third kappa shape index (κ3) is 33.8. The summed E-state index contributed by atoms with van der Waals surface area (Å²) < 4.78 is 34.7. The maximum atomic E-state index is 12.9. The number of phosphoric ester groups is 1. The minimum absolute atomic E-state index is 0.0279. The number of ether oxygens (including phenoxy) is 2. The molecular formula is C38H78NO7P. The monoisotopic (exact) mass is 692 g/mol. The van der Waals surface area contributed by atoms with Crippen LogP contribution in [0, 0.1) is 5.92 Å². The summed E-state index contributed by atoms with van der Waals surface area (Å²) >= 11 is 0. The van der Waals surface area contributed by atoms with Crippen molar-refractivity contribution in [1.82, 2.24) is 0 Å². The van der Waals surface area contributed by atoms with E-state index < -0.39 is 13.9 Å². The van der Waals surface area contributed by atoms with Gasteiger partial charge in [0.2, 0.25) is 0 Å². The Labute approximate surface area is 291 Å². The van der Waals surface area contributed by atoms with E-state index in [1.165, 1.54) is 122 Å².